The quantitative estimate of drug-likeness (QED) is 0.806. The van der Waals surface area contributed by atoms with E-state index in [2.05, 4.69) is 21.4 Å². The lowest BCUT2D eigenvalue weighted by Gasteiger charge is -2.36. The maximum Gasteiger partial charge on any atom is 0.0945 e. The third kappa shape index (κ3) is 3.80. The van der Waals surface area contributed by atoms with E-state index in [0.29, 0.717) is 0 Å². The molecule has 0 amide bonds. The van der Waals surface area contributed by atoms with Gasteiger partial charge in [0.2, 0.25) is 0 Å². The topological polar surface area (TPSA) is 50.5 Å². The molecule has 5 heteroatoms. The van der Waals surface area contributed by atoms with Crippen LogP contribution in [0.1, 0.15) is 13.3 Å². The molecule has 2 atom stereocenters. The second-order valence-electron chi connectivity index (χ2n) is 4.66. The zero-order valence-electron chi connectivity index (χ0n) is 10.3. The van der Waals surface area contributed by atoms with Crippen molar-refractivity contribution in [3.8, 4) is 0 Å². The first-order valence-electron chi connectivity index (χ1n) is 6.22. The van der Waals surface area contributed by atoms with Crippen molar-refractivity contribution < 1.29 is 9.84 Å². The Morgan fingerprint density at radius 2 is 2.29 bits per heavy atom. The first-order chi connectivity index (χ1) is 8.28. The van der Waals surface area contributed by atoms with E-state index in [4.69, 9.17) is 9.84 Å². The molecule has 96 valence electrons. The fourth-order valence-corrected chi connectivity index (χ4v) is 2.32. The number of morpholine rings is 1. The molecule has 2 heterocycles. The van der Waals surface area contributed by atoms with Crippen LogP contribution in [0.2, 0.25) is 0 Å². The molecule has 1 fully saturated rings. The van der Waals surface area contributed by atoms with Gasteiger partial charge in [0.25, 0.3) is 0 Å². The first kappa shape index (κ1) is 12.5. The van der Waals surface area contributed by atoms with Crippen molar-refractivity contribution in [2.75, 3.05) is 26.2 Å². The maximum absolute atomic E-state index is 9.14. The summed E-state index contributed by atoms with van der Waals surface area (Å²) in [6.45, 7) is 6.01. The van der Waals surface area contributed by atoms with Gasteiger partial charge in [-0.1, -0.05) is 0 Å². The molecule has 0 bridgehead atoms. The Labute approximate surface area is 102 Å². The van der Waals surface area contributed by atoms with Crippen LogP contribution in [0.15, 0.2) is 18.7 Å². The van der Waals surface area contributed by atoms with Crippen LogP contribution in [0.25, 0.3) is 0 Å². The highest BCUT2D eigenvalue weighted by atomic mass is 16.5. The van der Waals surface area contributed by atoms with E-state index >= 15 is 0 Å². The second-order valence-corrected chi connectivity index (χ2v) is 4.66. The highest BCUT2D eigenvalue weighted by Gasteiger charge is 2.23. The fraction of sp³-hybridized carbons (Fsp3) is 0.750. The van der Waals surface area contributed by atoms with E-state index in [9.17, 15) is 0 Å². The normalized spacial score (nSPS) is 26.2. The van der Waals surface area contributed by atoms with Crippen molar-refractivity contribution in [1.82, 2.24) is 14.5 Å². The Morgan fingerprint density at radius 1 is 1.41 bits per heavy atom. The molecule has 1 aliphatic heterocycles. The minimum Gasteiger partial charge on any atom is -0.394 e. The molecule has 0 spiro atoms. The molecule has 0 saturated carbocycles. The minimum absolute atomic E-state index is 0.0213. The monoisotopic (exact) mass is 239 g/mol. The maximum atomic E-state index is 9.14. The summed E-state index contributed by atoms with van der Waals surface area (Å²) in [5, 5.41) is 9.14. The number of aryl methyl sites for hydroxylation is 1. The largest absolute Gasteiger partial charge is 0.394 e. The molecule has 2 rings (SSSR count). The van der Waals surface area contributed by atoms with Crippen molar-refractivity contribution in [2.45, 2.75) is 32.1 Å². The molecule has 0 aliphatic carbocycles. The van der Waals surface area contributed by atoms with Gasteiger partial charge in [0, 0.05) is 38.6 Å². The van der Waals surface area contributed by atoms with Crippen LogP contribution in [0.5, 0.6) is 0 Å². The SMILES string of the molecule is CC1CN(CCCn2ccnc2)CC(CO)O1. The third-order valence-electron chi connectivity index (χ3n) is 3.06. The van der Waals surface area contributed by atoms with E-state index < -0.39 is 0 Å². The van der Waals surface area contributed by atoms with Crippen LogP contribution in [-0.2, 0) is 11.3 Å². The molecule has 1 aromatic rings. The highest BCUT2D eigenvalue weighted by molar-refractivity contribution is 4.77. The minimum atomic E-state index is -0.0213. The summed E-state index contributed by atoms with van der Waals surface area (Å²) < 4.78 is 7.70. The van der Waals surface area contributed by atoms with Crippen LogP contribution in [0.4, 0.5) is 0 Å². The summed E-state index contributed by atoms with van der Waals surface area (Å²) in [5.41, 5.74) is 0. The van der Waals surface area contributed by atoms with Gasteiger partial charge in [-0.15, -0.1) is 0 Å². The van der Waals surface area contributed by atoms with E-state index in [-0.39, 0.29) is 18.8 Å². The van der Waals surface area contributed by atoms with Crippen LogP contribution in [0.3, 0.4) is 0 Å². The smallest absolute Gasteiger partial charge is 0.0945 e. The molecule has 1 N–H and O–H groups in total. The molecule has 0 radical (unpaired) electrons. The number of imidazole rings is 1. The Morgan fingerprint density at radius 3 is 3.00 bits per heavy atom. The number of aromatic nitrogens is 2. The van der Waals surface area contributed by atoms with E-state index in [0.717, 1.165) is 32.6 Å². The molecule has 2 unspecified atom stereocenters. The number of aliphatic hydroxyl groups excluding tert-OH is 1. The molecule has 1 saturated heterocycles. The van der Waals surface area contributed by atoms with E-state index in [1.807, 2.05) is 12.5 Å². The molecule has 17 heavy (non-hydrogen) atoms. The first-order valence-corrected chi connectivity index (χ1v) is 6.22. The standard InChI is InChI=1S/C12H21N3O2/c1-11-7-15(8-12(9-16)17-11)5-2-4-14-6-3-13-10-14/h3,6,10-12,16H,2,4-5,7-9H2,1H3. The van der Waals surface area contributed by atoms with Gasteiger partial charge in [-0.05, 0) is 13.3 Å². The summed E-state index contributed by atoms with van der Waals surface area (Å²) >= 11 is 0. The van der Waals surface area contributed by atoms with Crippen LogP contribution >= 0.6 is 0 Å². The zero-order valence-corrected chi connectivity index (χ0v) is 10.3. The lowest BCUT2D eigenvalue weighted by Crippen LogP contribution is -2.48. The average molecular weight is 239 g/mol. The lowest BCUT2D eigenvalue weighted by atomic mass is 10.2. The van der Waals surface area contributed by atoms with Gasteiger partial charge in [0.05, 0.1) is 25.1 Å². The number of hydrogen-bond donors (Lipinski definition) is 1. The molecule has 1 aliphatic rings. The van der Waals surface area contributed by atoms with Gasteiger partial charge < -0.3 is 14.4 Å². The van der Waals surface area contributed by atoms with Gasteiger partial charge >= 0.3 is 0 Å². The number of hydrogen-bond acceptors (Lipinski definition) is 4. The van der Waals surface area contributed by atoms with Gasteiger partial charge in [-0.2, -0.15) is 0 Å². The van der Waals surface area contributed by atoms with Crippen LogP contribution < -0.4 is 0 Å². The van der Waals surface area contributed by atoms with Crippen LogP contribution in [0, 0.1) is 0 Å². The highest BCUT2D eigenvalue weighted by Crippen LogP contribution is 2.11. The van der Waals surface area contributed by atoms with Crippen molar-refractivity contribution in [1.29, 1.82) is 0 Å². The van der Waals surface area contributed by atoms with Crippen molar-refractivity contribution in [3.63, 3.8) is 0 Å². The fourth-order valence-electron chi connectivity index (χ4n) is 2.32. The summed E-state index contributed by atoms with van der Waals surface area (Å²) in [6.07, 6.45) is 6.93. The number of aliphatic hydroxyl groups is 1. The van der Waals surface area contributed by atoms with Crippen molar-refractivity contribution in [2.24, 2.45) is 0 Å². The molecular formula is C12H21N3O2. The molecule has 5 nitrogen and oxygen atoms in total. The molecule has 0 aromatic carbocycles. The van der Waals surface area contributed by atoms with Crippen LogP contribution in [-0.4, -0.2) is 58.0 Å². The number of ether oxygens (including phenoxy) is 1. The second kappa shape index (κ2) is 6.14. The van der Waals surface area contributed by atoms with Crippen molar-refractivity contribution >= 4 is 0 Å². The summed E-state index contributed by atoms with van der Waals surface area (Å²) in [4.78, 5) is 6.39. The molecule has 1 aromatic heterocycles. The average Bonchev–Trinajstić information content (AvgIpc) is 2.81. The van der Waals surface area contributed by atoms with Gasteiger partial charge in [-0.3, -0.25) is 4.90 Å². The van der Waals surface area contributed by atoms with E-state index in [1.54, 1.807) is 6.20 Å². The van der Waals surface area contributed by atoms with E-state index in [1.165, 1.54) is 0 Å². The lowest BCUT2D eigenvalue weighted by molar-refractivity contribution is -0.0953. The summed E-state index contributed by atoms with van der Waals surface area (Å²) in [5.74, 6) is 0. The molecular weight excluding hydrogens is 218 g/mol. The van der Waals surface area contributed by atoms with Crippen molar-refractivity contribution in [3.05, 3.63) is 18.7 Å². The number of nitrogens with zero attached hydrogens (tertiary/aromatic N) is 3. The van der Waals surface area contributed by atoms with Gasteiger partial charge in [-0.25, -0.2) is 4.98 Å². The Bertz CT molecular complexity index is 316. The Balaban J connectivity index is 1.71. The zero-order chi connectivity index (χ0) is 12.1. The predicted octanol–water partition coefficient (Wildman–Crippen LogP) is 0.355. The Kier molecular flexibility index (Phi) is 4.53. The number of rotatable bonds is 5. The third-order valence-corrected chi connectivity index (χ3v) is 3.06. The summed E-state index contributed by atoms with van der Waals surface area (Å²) in [7, 11) is 0. The summed E-state index contributed by atoms with van der Waals surface area (Å²) in [6, 6.07) is 0. The Hall–Kier alpha value is -0.910. The van der Waals surface area contributed by atoms with Gasteiger partial charge in [0.1, 0.15) is 0 Å². The predicted molar refractivity (Wildman–Crippen MR) is 64.7 cm³/mol. The van der Waals surface area contributed by atoms with Gasteiger partial charge in [0.15, 0.2) is 0 Å².